The molecule has 1 atom stereocenters. The summed E-state index contributed by atoms with van der Waals surface area (Å²) in [6, 6.07) is 9.89. The molecular formula is C14H10Cl2FIO. The van der Waals surface area contributed by atoms with Gasteiger partial charge in [0.1, 0.15) is 5.82 Å². The number of aliphatic hydroxyl groups is 1. The Balaban J connectivity index is 2.17. The lowest BCUT2D eigenvalue weighted by molar-refractivity contribution is 0.178. The normalized spacial score (nSPS) is 12.5. The molecular weight excluding hydrogens is 401 g/mol. The van der Waals surface area contributed by atoms with E-state index >= 15 is 0 Å². The second-order valence-electron chi connectivity index (χ2n) is 4.14. The molecule has 0 saturated carbocycles. The van der Waals surface area contributed by atoms with Crippen LogP contribution in [0.1, 0.15) is 17.2 Å². The molecule has 0 heterocycles. The number of hydrogen-bond donors (Lipinski definition) is 1. The third kappa shape index (κ3) is 3.81. The van der Waals surface area contributed by atoms with Gasteiger partial charge in [-0.25, -0.2) is 4.39 Å². The number of rotatable bonds is 3. The number of hydrogen-bond acceptors (Lipinski definition) is 1. The summed E-state index contributed by atoms with van der Waals surface area (Å²) < 4.78 is 14.2. The largest absolute Gasteiger partial charge is 0.388 e. The quantitative estimate of drug-likeness (QED) is 0.705. The van der Waals surface area contributed by atoms with Gasteiger partial charge in [0, 0.05) is 9.99 Å². The predicted molar refractivity (Wildman–Crippen MR) is 84.2 cm³/mol. The molecule has 0 spiro atoms. The molecule has 0 amide bonds. The Labute approximate surface area is 134 Å². The molecule has 2 rings (SSSR count). The summed E-state index contributed by atoms with van der Waals surface area (Å²) in [7, 11) is 0. The molecule has 0 aliphatic rings. The zero-order chi connectivity index (χ0) is 14.0. The van der Waals surface area contributed by atoms with Gasteiger partial charge in [0.2, 0.25) is 0 Å². The van der Waals surface area contributed by atoms with Crippen molar-refractivity contribution in [2.75, 3.05) is 0 Å². The minimum absolute atomic E-state index is 0.0792. The van der Waals surface area contributed by atoms with Gasteiger partial charge in [-0.1, -0.05) is 35.3 Å². The molecule has 1 unspecified atom stereocenters. The maximum Gasteiger partial charge on any atom is 0.142 e. The van der Waals surface area contributed by atoms with Gasteiger partial charge in [-0.05, 0) is 58.0 Å². The maximum atomic E-state index is 13.3. The van der Waals surface area contributed by atoms with E-state index < -0.39 is 11.9 Å². The van der Waals surface area contributed by atoms with Crippen molar-refractivity contribution in [3.8, 4) is 0 Å². The zero-order valence-corrected chi connectivity index (χ0v) is 13.4. The second kappa shape index (κ2) is 6.39. The Hall–Kier alpha value is -0.360. The number of aliphatic hydroxyl groups excluding tert-OH is 1. The Kier molecular flexibility index (Phi) is 5.06. The van der Waals surface area contributed by atoms with E-state index in [4.69, 9.17) is 23.2 Å². The first kappa shape index (κ1) is 15.0. The van der Waals surface area contributed by atoms with Crippen LogP contribution in [-0.4, -0.2) is 5.11 Å². The third-order valence-electron chi connectivity index (χ3n) is 2.74. The van der Waals surface area contributed by atoms with Gasteiger partial charge in [-0.2, -0.15) is 0 Å². The molecule has 1 nitrogen and oxygen atoms in total. The fourth-order valence-electron chi connectivity index (χ4n) is 1.73. The topological polar surface area (TPSA) is 20.2 Å². The number of halogens is 4. The van der Waals surface area contributed by atoms with Gasteiger partial charge in [0.25, 0.3) is 0 Å². The van der Waals surface area contributed by atoms with Gasteiger partial charge in [-0.3, -0.25) is 0 Å². The third-order valence-corrected chi connectivity index (χ3v) is 4.62. The molecule has 0 radical (unpaired) electrons. The second-order valence-corrected chi connectivity index (χ2v) is 6.12. The van der Waals surface area contributed by atoms with Crippen molar-refractivity contribution in [3.05, 3.63) is 67.0 Å². The highest BCUT2D eigenvalue weighted by atomic mass is 127. The van der Waals surface area contributed by atoms with Crippen molar-refractivity contribution in [2.45, 2.75) is 12.5 Å². The summed E-state index contributed by atoms with van der Waals surface area (Å²) in [4.78, 5) is 0. The summed E-state index contributed by atoms with van der Waals surface area (Å²) in [6.07, 6.45) is -0.416. The fraction of sp³-hybridized carbons (Fsp3) is 0.143. The van der Waals surface area contributed by atoms with Gasteiger partial charge in [-0.15, -0.1) is 0 Å². The Bertz CT molecular complexity index is 604. The van der Waals surface area contributed by atoms with Gasteiger partial charge < -0.3 is 5.11 Å². The first-order chi connectivity index (χ1) is 8.97. The Morgan fingerprint density at radius 2 is 1.84 bits per heavy atom. The van der Waals surface area contributed by atoms with Crippen LogP contribution in [0.4, 0.5) is 4.39 Å². The molecule has 0 aromatic heterocycles. The molecule has 0 fully saturated rings. The molecule has 100 valence electrons. The lowest BCUT2D eigenvalue weighted by Crippen LogP contribution is -2.02. The van der Waals surface area contributed by atoms with E-state index in [-0.39, 0.29) is 5.02 Å². The highest BCUT2D eigenvalue weighted by Gasteiger charge is 2.11. The first-order valence-electron chi connectivity index (χ1n) is 5.54. The predicted octanol–water partition coefficient (Wildman–Crippen LogP) is 5.01. The molecule has 19 heavy (non-hydrogen) atoms. The van der Waals surface area contributed by atoms with Gasteiger partial charge in [0.15, 0.2) is 0 Å². The van der Waals surface area contributed by atoms with E-state index in [0.717, 1.165) is 3.57 Å². The van der Waals surface area contributed by atoms with Crippen molar-refractivity contribution in [1.29, 1.82) is 0 Å². The summed E-state index contributed by atoms with van der Waals surface area (Å²) in [5, 5.41) is 10.8. The van der Waals surface area contributed by atoms with Crippen molar-refractivity contribution in [3.63, 3.8) is 0 Å². The van der Waals surface area contributed by atoms with E-state index in [9.17, 15) is 9.50 Å². The van der Waals surface area contributed by atoms with E-state index in [0.29, 0.717) is 22.6 Å². The van der Waals surface area contributed by atoms with E-state index in [2.05, 4.69) is 22.6 Å². The summed E-state index contributed by atoms with van der Waals surface area (Å²) in [5.74, 6) is -0.480. The van der Waals surface area contributed by atoms with Crippen LogP contribution in [0.2, 0.25) is 10.0 Å². The van der Waals surface area contributed by atoms with Crippen LogP contribution >= 0.6 is 45.8 Å². The summed E-state index contributed by atoms with van der Waals surface area (Å²) in [5.41, 5.74) is 1.39. The Morgan fingerprint density at radius 3 is 2.47 bits per heavy atom. The standard InChI is InChI=1S/C14H10Cl2FIO/c15-10-3-1-8(5-12(10)17)6-14(19)9-2-4-13(18)11(16)7-9/h1-5,7,14,19H,6H2. The molecule has 0 bridgehead atoms. The highest BCUT2D eigenvalue weighted by Crippen LogP contribution is 2.26. The van der Waals surface area contributed by atoms with Crippen LogP contribution in [0.3, 0.4) is 0 Å². The smallest absolute Gasteiger partial charge is 0.142 e. The van der Waals surface area contributed by atoms with Crippen LogP contribution in [-0.2, 0) is 6.42 Å². The molecule has 1 N–H and O–H groups in total. The van der Waals surface area contributed by atoms with Crippen LogP contribution in [0.5, 0.6) is 0 Å². The molecule has 2 aromatic carbocycles. The van der Waals surface area contributed by atoms with Crippen molar-refractivity contribution >= 4 is 45.8 Å². The van der Waals surface area contributed by atoms with Crippen LogP contribution in [0.25, 0.3) is 0 Å². The van der Waals surface area contributed by atoms with Crippen molar-refractivity contribution in [1.82, 2.24) is 0 Å². The minimum atomic E-state index is -0.727. The molecule has 0 aliphatic heterocycles. The van der Waals surface area contributed by atoms with Crippen LogP contribution in [0.15, 0.2) is 36.4 Å². The lowest BCUT2D eigenvalue weighted by atomic mass is 10.0. The van der Waals surface area contributed by atoms with Crippen LogP contribution < -0.4 is 0 Å². The monoisotopic (exact) mass is 410 g/mol. The molecule has 0 aliphatic carbocycles. The number of benzene rings is 2. The van der Waals surface area contributed by atoms with Gasteiger partial charge in [0.05, 0.1) is 16.1 Å². The fourth-order valence-corrected chi connectivity index (χ4v) is 2.37. The minimum Gasteiger partial charge on any atom is -0.388 e. The highest BCUT2D eigenvalue weighted by molar-refractivity contribution is 14.1. The van der Waals surface area contributed by atoms with Crippen molar-refractivity contribution in [2.24, 2.45) is 0 Å². The molecule has 2 aromatic rings. The van der Waals surface area contributed by atoms with Crippen LogP contribution in [0, 0.1) is 9.39 Å². The first-order valence-corrected chi connectivity index (χ1v) is 7.38. The molecule has 0 saturated heterocycles. The SMILES string of the molecule is OC(Cc1ccc(Cl)c(F)c1)c1ccc(I)c(Cl)c1. The maximum absolute atomic E-state index is 13.3. The average molecular weight is 411 g/mol. The van der Waals surface area contributed by atoms with E-state index in [1.807, 2.05) is 12.1 Å². The van der Waals surface area contributed by atoms with E-state index in [1.54, 1.807) is 12.1 Å². The summed E-state index contributed by atoms with van der Waals surface area (Å²) in [6.45, 7) is 0. The zero-order valence-electron chi connectivity index (χ0n) is 9.71. The lowest BCUT2D eigenvalue weighted by Gasteiger charge is -2.12. The molecule has 5 heteroatoms. The Morgan fingerprint density at radius 1 is 1.11 bits per heavy atom. The van der Waals surface area contributed by atoms with Gasteiger partial charge >= 0.3 is 0 Å². The average Bonchev–Trinajstić information content (AvgIpc) is 2.37. The van der Waals surface area contributed by atoms with E-state index in [1.165, 1.54) is 12.1 Å². The summed E-state index contributed by atoms with van der Waals surface area (Å²) >= 11 is 13.7. The van der Waals surface area contributed by atoms with Crippen molar-refractivity contribution < 1.29 is 9.50 Å².